The highest BCUT2D eigenvalue weighted by Crippen LogP contribution is 2.24. The van der Waals surface area contributed by atoms with E-state index in [0.717, 1.165) is 35.8 Å². The van der Waals surface area contributed by atoms with Crippen molar-refractivity contribution in [2.45, 2.75) is 45.4 Å². The Morgan fingerprint density at radius 1 is 1.45 bits per heavy atom. The number of nitrogens with zero attached hydrogens (tertiary/aromatic N) is 2. The summed E-state index contributed by atoms with van der Waals surface area (Å²) in [4.78, 5) is 0. The third-order valence-electron chi connectivity index (χ3n) is 3.77. The van der Waals surface area contributed by atoms with E-state index in [2.05, 4.69) is 24.3 Å². The fourth-order valence-electron chi connectivity index (χ4n) is 2.58. The molecule has 1 aromatic heterocycles. The van der Waals surface area contributed by atoms with Crippen LogP contribution in [0.2, 0.25) is 5.02 Å². The van der Waals surface area contributed by atoms with Gasteiger partial charge in [0.1, 0.15) is 0 Å². The first-order valence-electron chi connectivity index (χ1n) is 7.31. The van der Waals surface area contributed by atoms with Crippen LogP contribution in [0.3, 0.4) is 0 Å². The van der Waals surface area contributed by atoms with Crippen molar-refractivity contribution in [3.63, 3.8) is 0 Å². The lowest BCUT2D eigenvalue weighted by atomic mass is 10.0. The summed E-state index contributed by atoms with van der Waals surface area (Å²) in [7, 11) is 1.95. The Kier molecular flexibility index (Phi) is 5.84. The second kappa shape index (κ2) is 7.41. The van der Waals surface area contributed by atoms with E-state index in [-0.39, 0.29) is 12.1 Å². The van der Waals surface area contributed by atoms with Gasteiger partial charge in [0.25, 0.3) is 0 Å². The molecule has 1 N–H and O–H groups in total. The van der Waals surface area contributed by atoms with E-state index in [4.69, 9.17) is 21.1 Å². The van der Waals surface area contributed by atoms with Gasteiger partial charge in [0, 0.05) is 19.0 Å². The molecule has 6 heteroatoms. The first-order valence-corrected chi connectivity index (χ1v) is 7.69. The molecule has 0 radical (unpaired) electrons. The summed E-state index contributed by atoms with van der Waals surface area (Å²) >= 11 is 6.47. The Morgan fingerprint density at radius 3 is 2.80 bits per heavy atom. The van der Waals surface area contributed by atoms with E-state index in [0.29, 0.717) is 19.8 Å². The lowest BCUT2D eigenvalue weighted by molar-refractivity contribution is -0.101. The zero-order chi connectivity index (χ0) is 14.5. The summed E-state index contributed by atoms with van der Waals surface area (Å²) in [6.45, 7) is 6.95. The number of likely N-dealkylation sites (N-methyl/N-ethyl adjacent to an activating group) is 1. The van der Waals surface area contributed by atoms with Crippen molar-refractivity contribution in [3.8, 4) is 0 Å². The minimum atomic E-state index is 0.0649. The maximum absolute atomic E-state index is 6.47. The van der Waals surface area contributed by atoms with Crippen molar-refractivity contribution < 1.29 is 9.47 Å². The molecular weight excluding hydrogens is 278 g/mol. The van der Waals surface area contributed by atoms with Gasteiger partial charge in [-0.25, -0.2) is 0 Å². The van der Waals surface area contributed by atoms with Gasteiger partial charge < -0.3 is 14.8 Å². The first kappa shape index (κ1) is 15.8. The van der Waals surface area contributed by atoms with Gasteiger partial charge in [0.15, 0.2) is 0 Å². The standard InChI is InChI=1S/C14H24ClN3O2/c1-4-10-14(15)12(18(5-2)17-10)8-11(16-3)13-9-19-6-7-20-13/h11,13,16H,4-9H2,1-3H3. The van der Waals surface area contributed by atoms with Crippen LogP contribution in [0.15, 0.2) is 0 Å². The van der Waals surface area contributed by atoms with Gasteiger partial charge in [0.2, 0.25) is 0 Å². The molecule has 1 aromatic rings. The van der Waals surface area contributed by atoms with Gasteiger partial charge in [-0.2, -0.15) is 5.10 Å². The molecule has 2 unspecified atom stereocenters. The normalized spacial score (nSPS) is 21.1. The fourth-order valence-corrected chi connectivity index (χ4v) is 2.92. The Labute approximate surface area is 125 Å². The molecule has 20 heavy (non-hydrogen) atoms. The number of hydrogen-bond acceptors (Lipinski definition) is 4. The van der Waals surface area contributed by atoms with E-state index in [9.17, 15) is 0 Å². The smallest absolute Gasteiger partial charge is 0.0965 e. The van der Waals surface area contributed by atoms with Crippen LogP contribution in [0.5, 0.6) is 0 Å². The summed E-state index contributed by atoms with van der Waals surface area (Å²) in [5.74, 6) is 0. The Hall–Kier alpha value is -0.620. The summed E-state index contributed by atoms with van der Waals surface area (Å²) < 4.78 is 13.3. The molecule has 114 valence electrons. The van der Waals surface area contributed by atoms with E-state index >= 15 is 0 Å². The lowest BCUT2D eigenvalue weighted by Crippen LogP contribution is -2.46. The zero-order valence-electron chi connectivity index (χ0n) is 12.5. The highest BCUT2D eigenvalue weighted by atomic mass is 35.5. The fraction of sp³-hybridized carbons (Fsp3) is 0.786. The van der Waals surface area contributed by atoms with Gasteiger partial charge in [-0.3, -0.25) is 4.68 Å². The van der Waals surface area contributed by atoms with Gasteiger partial charge in [-0.1, -0.05) is 18.5 Å². The lowest BCUT2D eigenvalue weighted by Gasteiger charge is -2.30. The molecule has 0 aliphatic carbocycles. The maximum atomic E-state index is 6.47. The predicted molar refractivity (Wildman–Crippen MR) is 79.4 cm³/mol. The topological polar surface area (TPSA) is 48.3 Å². The molecule has 2 rings (SSSR count). The minimum absolute atomic E-state index is 0.0649. The molecule has 2 atom stereocenters. The molecule has 0 saturated carbocycles. The summed E-state index contributed by atoms with van der Waals surface area (Å²) in [5.41, 5.74) is 2.05. The van der Waals surface area contributed by atoms with Crippen LogP contribution in [-0.2, 0) is 28.9 Å². The van der Waals surface area contributed by atoms with Crippen LogP contribution >= 0.6 is 11.6 Å². The Morgan fingerprint density at radius 2 is 2.25 bits per heavy atom. The molecule has 1 saturated heterocycles. The third-order valence-corrected chi connectivity index (χ3v) is 4.20. The van der Waals surface area contributed by atoms with Crippen LogP contribution in [0.25, 0.3) is 0 Å². The monoisotopic (exact) mass is 301 g/mol. The molecule has 0 amide bonds. The van der Waals surface area contributed by atoms with E-state index in [1.54, 1.807) is 0 Å². The van der Waals surface area contributed by atoms with Crippen molar-refractivity contribution in [2.24, 2.45) is 0 Å². The largest absolute Gasteiger partial charge is 0.376 e. The van der Waals surface area contributed by atoms with Crippen molar-refractivity contribution in [1.82, 2.24) is 15.1 Å². The molecule has 0 bridgehead atoms. The van der Waals surface area contributed by atoms with Crippen molar-refractivity contribution in [1.29, 1.82) is 0 Å². The highest BCUT2D eigenvalue weighted by molar-refractivity contribution is 6.31. The van der Waals surface area contributed by atoms with Crippen LogP contribution in [0.4, 0.5) is 0 Å². The second-order valence-electron chi connectivity index (χ2n) is 4.96. The van der Waals surface area contributed by atoms with E-state index in [1.807, 2.05) is 11.7 Å². The number of halogens is 1. The number of ether oxygens (including phenoxy) is 2. The summed E-state index contributed by atoms with van der Waals surface area (Å²) in [6.07, 6.45) is 1.71. The average molecular weight is 302 g/mol. The van der Waals surface area contributed by atoms with Crippen molar-refractivity contribution in [2.75, 3.05) is 26.9 Å². The Balaban J connectivity index is 2.15. The average Bonchev–Trinajstić information content (AvgIpc) is 2.81. The van der Waals surface area contributed by atoms with Crippen LogP contribution in [0.1, 0.15) is 25.2 Å². The molecule has 1 aliphatic heterocycles. The van der Waals surface area contributed by atoms with Crippen LogP contribution in [0, 0.1) is 0 Å². The summed E-state index contributed by atoms with van der Waals surface area (Å²) in [5, 5.41) is 8.68. The predicted octanol–water partition coefficient (Wildman–Crippen LogP) is 1.66. The third kappa shape index (κ3) is 3.34. The number of aryl methyl sites for hydroxylation is 2. The quantitative estimate of drug-likeness (QED) is 0.868. The minimum Gasteiger partial charge on any atom is -0.376 e. The molecule has 2 heterocycles. The van der Waals surface area contributed by atoms with Gasteiger partial charge in [-0.05, 0) is 20.4 Å². The van der Waals surface area contributed by atoms with E-state index < -0.39 is 0 Å². The second-order valence-corrected chi connectivity index (χ2v) is 5.34. The number of aromatic nitrogens is 2. The SMILES string of the molecule is CCc1nn(CC)c(CC(NC)C2COCCO2)c1Cl. The van der Waals surface area contributed by atoms with Gasteiger partial charge >= 0.3 is 0 Å². The first-order chi connectivity index (χ1) is 9.71. The van der Waals surface area contributed by atoms with Crippen LogP contribution in [-0.4, -0.2) is 48.8 Å². The number of nitrogens with one attached hydrogen (secondary N) is 1. The molecule has 1 fully saturated rings. The van der Waals surface area contributed by atoms with Gasteiger partial charge in [-0.15, -0.1) is 0 Å². The molecular formula is C14H24ClN3O2. The van der Waals surface area contributed by atoms with Crippen LogP contribution < -0.4 is 5.32 Å². The van der Waals surface area contributed by atoms with Crippen molar-refractivity contribution in [3.05, 3.63) is 16.4 Å². The van der Waals surface area contributed by atoms with Crippen molar-refractivity contribution >= 4 is 11.6 Å². The zero-order valence-corrected chi connectivity index (χ0v) is 13.2. The van der Waals surface area contributed by atoms with E-state index in [1.165, 1.54) is 0 Å². The molecule has 5 nitrogen and oxygen atoms in total. The molecule has 0 spiro atoms. The molecule has 1 aliphatic rings. The maximum Gasteiger partial charge on any atom is 0.0965 e. The highest BCUT2D eigenvalue weighted by Gasteiger charge is 2.27. The number of hydrogen-bond donors (Lipinski definition) is 1. The summed E-state index contributed by atoms with van der Waals surface area (Å²) in [6, 6.07) is 0.180. The van der Waals surface area contributed by atoms with Gasteiger partial charge in [0.05, 0.1) is 42.3 Å². The number of rotatable bonds is 6. The molecule has 0 aromatic carbocycles. The Bertz CT molecular complexity index is 430.